The predicted octanol–water partition coefficient (Wildman–Crippen LogP) is 4.61. The SMILES string of the molecule is Cc1ccc2[nH]c(=O)c3cc(C(=O)N(CCC#N)c4ccccc4)sc3c2c1. The number of aromatic amines is 1. The van der Waals surface area contributed by atoms with E-state index in [-0.39, 0.29) is 17.9 Å². The fraction of sp³-hybridized carbons (Fsp3) is 0.136. The molecule has 0 saturated heterocycles. The number of nitrogens with zero attached hydrogens (tertiary/aromatic N) is 2. The number of amides is 1. The topological polar surface area (TPSA) is 77.0 Å². The van der Waals surface area contributed by atoms with Crippen molar-refractivity contribution >= 4 is 43.9 Å². The third-order valence-corrected chi connectivity index (χ3v) is 5.77. The highest BCUT2D eigenvalue weighted by atomic mass is 32.1. The Balaban J connectivity index is 1.85. The van der Waals surface area contributed by atoms with Crippen LogP contribution in [0.1, 0.15) is 21.7 Å². The normalized spacial score (nSPS) is 10.9. The van der Waals surface area contributed by atoms with Crippen molar-refractivity contribution in [1.29, 1.82) is 5.26 Å². The zero-order valence-electron chi connectivity index (χ0n) is 15.2. The van der Waals surface area contributed by atoms with Gasteiger partial charge in [0.15, 0.2) is 0 Å². The minimum Gasteiger partial charge on any atom is -0.321 e. The summed E-state index contributed by atoms with van der Waals surface area (Å²) in [5, 5.41) is 10.4. The van der Waals surface area contributed by atoms with Crippen LogP contribution in [0, 0.1) is 18.3 Å². The molecule has 0 bridgehead atoms. The Kier molecular flexibility index (Phi) is 4.68. The first-order valence-corrected chi connectivity index (χ1v) is 9.70. The van der Waals surface area contributed by atoms with Gasteiger partial charge in [0, 0.05) is 27.8 Å². The number of aryl methyl sites for hydroxylation is 1. The summed E-state index contributed by atoms with van der Waals surface area (Å²) in [6.45, 7) is 2.29. The smallest absolute Gasteiger partial charge is 0.268 e. The molecule has 138 valence electrons. The predicted molar refractivity (Wildman–Crippen MR) is 113 cm³/mol. The maximum absolute atomic E-state index is 13.2. The molecule has 2 aromatic carbocycles. The summed E-state index contributed by atoms with van der Waals surface area (Å²) in [4.78, 5) is 30.7. The minimum absolute atomic E-state index is 0.204. The van der Waals surface area contributed by atoms with E-state index in [4.69, 9.17) is 5.26 Å². The maximum atomic E-state index is 13.2. The lowest BCUT2D eigenvalue weighted by Gasteiger charge is -2.20. The van der Waals surface area contributed by atoms with Crippen LogP contribution in [-0.2, 0) is 0 Å². The fourth-order valence-corrected chi connectivity index (χ4v) is 4.40. The largest absolute Gasteiger partial charge is 0.321 e. The van der Waals surface area contributed by atoms with Crippen LogP contribution in [-0.4, -0.2) is 17.4 Å². The van der Waals surface area contributed by atoms with Gasteiger partial charge >= 0.3 is 0 Å². The van der Waals surface area contributed by atoms with Crippen molar-refractivity contribution in [3.05, 3.63) is 75.4 Å². The Morgan fingerprint density at radius 1 is 1.14 bits per heavy atom. The number of carbonyl (C=O) groups is 1. The van der Waals surface area contributed by atoms with Gasteiger partial charge in [0.25, 0.3) is 11.5 Å². The number of carbonyl (C=O) groups excluding carboxylic acids is 1. The molecule has 0 atom stereocenters. The third-order valence-electron chi connectivity index (χ3n) is 4.62. The number of rotatable bonds is 4. The number of para-hydroxylation sites is 1. The van der Waals surface area contributed by atoms with Crippen molar-refractivity contribution in [1.82, 2.24) is 4.98 Å². The number of anilines is 1. The van der Waals surface area contributed by atoms with Gasteiger partial charge in [-0.05, 0) is 37.3 Å². The molecule has 4 rings (SSSR count). The highest BCUT2D eigenvalue weighted by molar-refractivity contribution is 7.21. The van der Waals surface area contributed by atoms with Crippen molar-refractivity contribution in [2.75, 3.05) is 11.4 Å². The third kappa shape index (κ3) is 3.17. The lowest BCUT2D eigenvalue weighted by Crippen LogP contribution is -2.31. The van der Waals surface area contributed by atoms with Gasteiger partial charge in [0.05, 0.1) is 22.8 Å². The van der Waals surface area contributed by atoms with Crippen molar-refractivity contribution in [3.63, 3.8) is 0 Å². The van der Waals surface area contributed by atoms with E-state index >= 15 is 0 Å². The van der Waals surface area contributed by atoms with Crippen molar-refractivity contribution in [2.45, 2.75) is 13.3 Å². The van der Waals surface area contributed by atoms with E-state index in [0.29, 0.717) is 16.8 Å². The monoisotopic (exact) mass is 387 g/mol. The first-order valence-electron chi connectivity index (χ1n) is 8.88. The van der Waals surface area contributed by atoms with Gasteiger partial charge in [0.2, 0.25) is 0 Å². The summed E-state index contributed by atoms with van der Waals surface area (Å²) >= 11 is 1.32. The van der Waals surface area contributed by atoms with Gasteiger partial charge in [-0.2, -0.15) is 5.26 Å². The summed E-state index contributed by atoms with van der Waals surface area (Å²) < 4.78 is 0.805. The molecule has 1 N–H and O–H groups in total. The molecule has 0 aliphatic carbocycles. The van der Waals surface area contributed by atoms with Crippen LogP contribution in [0.5, 0.6) is 0 Å². The average Bonchev–Trinajstić information content (AvgIpc) is 3.16. The summed E-state index contributed by atoms with van der Waals surface area (Å²) in [5.41, 5.74) is 2.37. The van der Waals surface area contributed by atoms with E-state index in [9.17, 15) is 9.59 Å². The molecule has 0 fully saturated rings. The molecule has 0 spiro atoms. The number of hydrogen-bond donors (Lipinski definition) is 1. The van der Waals surface area contributed by atoms with Gasteiger partial charge in [-0.25, -0.2) is 0 Å². The Bertz CT molecular complexity index is 1280. The Labute approximate surface area is 165 Å². The van der Waals surface area contributed by atoms with Gasteiger partial charge in [-0.3, -0.25) is 9.59 Å². The summed E-state index contributed by atoms with van der Waals surface area (Å²) in [6, 6.07) is 18.9. The molecule has 0 aliphatic rings. The number of H-pyrrole nitrogens is 1. The molecule has 1 amide bonds. The van der Waals surface area contributed by atoms with Gasteiger partial charge < -0.3 is 9.88 Å². The standard InChI is InChI=1S/C22H17N3O2S/c1-14-8-9-18-16(12-14)20-17(21(26)24-18)13-19(28-20)22(27)25(11-5-10-23)15-6-3-2-4-7-15/h2-4,6-9,12-13H,5,11H2,1H3,(H,24,26). The van der Waals surface area contributed by atoms with Crippen LogP contribution in [0.3, 0.4) is 0 Å². The van der Waals surface area contributed by atoms with Crippen LogP contribution in [0.4, 0.5) is 5.69 Å². The van der Waals surface area contributed by atoms with E-state index in [1.165, 1.54) is 11.3 Å². The summed E-state index contributed by atoms with van der Waals surface area (Å²) in [5.74, 6) is -0.206. The molecule has 2 heterocycles. The van der Waals surface area contributed by atoms with E-state index in [1.54, 1.807) is 11.0 Å². The molecular formula is C22H17N3O2S. The van der Waals surface area contributed by atoms with Gasteiger partial charge in [0.1, 0.15) is 0 Å². The summed E-state index contributed by atoms with van der Waals surface area (Å²) in [7, 11) is 0. The zero-order chi connectivity index (χ0) is 19.7. The number of thiophene rings is 1. The molecule has 2 aromatic heterocycles. The van der Waals surface area contributed by atoms with Crippen LogP contribution >= 0.6 is 11.3 Å². The molecule has 4 aromatic rings. The Morgan fingerprint density at radius 3 is 2.68 bits per heavy atom. The number of nitriles is 1. The number of benzene rings is 2. The van der Waals surface area contributed by atoms with E-state index in [1.807, 2.05) is 55.5 Å². The van der Waals surface area contributed by atoms with Crippen LogP contribution in [0.2, 0.25) is 0 Å². The molecular weight excluding hydrogens is 370 g/mol. The molecule has 0 unspecified atom stereocenters. The quantitative estimate of drug-likeness (QED) is 0.555. The first kappa shape index (κ1) is 18.0. The first-order chi connectivity index (χ1) is 13.6. The second-order valence-corrected chi connectivity index (χ2v) is 7.61. The number of aromatic nitrogens is 1. The minimum atomic E-state index is -0.206. The molecule has 5 nitrogen and oxygen atoms in total. The van der Waals surface area contributed by atoms with Crippen LogP contribution < -0.4 is 10.5 Å². The molecule has 0 radical (unpaired) electrons. The highest BCUT2D eigenvalue weighted by Crippen LogP contribution is 2.31. The molecule has 0 saturated carbocycles. The van der Waals surface area contributed by atoms with Crippen molar-refractivity contribution in [3.8, 4) is 6.07 Å². The van der Waals surface area contributed by atoms with E-state index in [2.05, 4.69) is 11.1 Å². The average molecular weight is 387 g/mol. The Hall–Kier alpha value is -3.43. The van der Waals surface area contributed by atoms with Crippen LogP contribution in [0.25, 0.3) is 21.0 Å². The number of nitrogens with one attached hydrogen (secondary N) is 1. The van der Waals surface area contributed by atoms with Gasteiger partial charge in [-0.1, -0.05) is 29.8 Å². The van der Waals surface area contributed by atoms with Gasteiger partial charge in [-0.15, -0.1) is 11.3 Å². The highest BCUT2D eigenvalue weighted by Gasteiger charge is 2.21. The summed E-state index contributed by atoms with van der Waals surface area (Å²) in [6.07, 6.45) is 0.230. The number of hydrogen-bond acceptors (Lipinski definition) is 4. The molecule has 6 heteroatoms. The fourth-order valence-electron chi connectivity index (χ4n) is 3.26. The number of pyridine rings is 1. The van der Waals surface area contributed by atoms with E-state index in [0.717, 1.165) is 26.9 Å². The van der Waals surface area contributed by atoms with Crippen molar-refractivity contribution < 1.29 is 4.79 Å². The Morgan fingerprint density at radius 2 is 1.93 bits per heavy atom. The zero-order valence-corrected chi connectivity index (χ0v) is 16.0. The maximum Gasteiger partial charge on any atom is 0.268 e. The molecule has 0 aliphatic heterocycles. The van der Waals surface area contributed by atoms with E-state index < -0.39 is 0 Å². The number of fused-ring (bicyclic) bond motifs is 3. The lowest BCUT2D eigenvalue weighted by atomic mass is 10.1. The second-order valence-electron chi connectivity index (χ2n) is 6.56. The van der Waals surface area contributed by atoms with Crippen molar-refractivity contribution in [2.24, 2.45) is 0 Å². The van der Waals surface area contributed by atoms with Crippen LogP contribution in [0.15, 0.2) is 59.4 Å². The molecule has 28 heavy (non-hydrogen) atoms. The second kappa shape index (κ2) is 7.29. The lowest BCUT2D eigenvalue weighted by molar-refractivity contribution is 0.0991.